The van der Waals surface area contributed by atoms with Crippen LogP contribution in [0.15, 0.2) is 48.5 Å². The van der Waals surface area contributed by atoms with Gasteiger partial charge in [0.1, 0.15) is 11.9 Å². The summed E-state index contributed by atoms with van der Waals surface area (Å²) in [5, 5.41) is 8.79. The van der Waals surface area contributed by atoms with Crippen LogP contribution in [0.25, 0.3) is 0 Å². The fraction of sp³-hybridized carbons (Fsp3) is 0.235. The third-order valence-corrected chi connectivity index (χ3v) is 3.58. The molecule has 0 N–H and O–H groups in total. The molecule has 1 aliphatic rings. The molecule has 0 aliphatic heterocycles. The molecule has 2 heteroatoms. The molecule has 0 spiro atoms. The number of rotatable bonds is 2. The quantitative estimate of drug-likeness (QED) is 0.805. The molecule has 94 valence electrons. The van der Waals surface area contributed by atoms with Crippen molar-refractivity contribution in [3.63, 3.8) is 0 Å². The average molecular weight is 249 g/mol. The fourth-order valence-electron chi connectivity index (χ4n) is 2.60. The van der Waals surface area contributed by atoms with Crippen molar-refractivity contribution in [1.29, 1.82) is 5.26 Å². The molecule has 0 amide bonds. The number of aryl methyl sites for hydroxylation is 1. The summed E-state index contributed by atoms with van der Waals surface area (Å²) in [7, 11) is 0. The minimum Gasteiger partial charge on any atom is -0.486 e. The van der Waals surface area contributed by atoms with E-state index < -0.39 is 0 Å². The summed E-state index contributed by atoms with van der Waals surface area (Å²) in [6.07, 6.45) is 3.50. The second kappa shape index (κ2) is 5.16. The summed E-state index contributed by atoms with van der Waals surface area (Å²) in [5.41, 5.74) is 3.36. The SMILES string of the molecule is N#Cc1ccc(OC2CCCc3ccccc32)cc1. The van der Waals surface area contributed by atoms with E-state index in [2.05, 4.69) is 30.3 Å². The molecule has 0 radical (unpaired) electrons. The van der Waals surface area contributed by atoms with Gasteiger partial charge in [-0.15, -0.1) is 0 Å². The van der Waals surface area contributed by atoms with Gasteiger partial charge in [-0.2, -0.15) is 5.26 Å². The summed E-state index contributed by atoms with van der Waals surface area (Å²) in [6.45, 7) is 0. The zero-order valence-corrected chi connectivity index (χ0v) is 10.7. The van der Waals surface area contributed by atoms with Crippen LogP contribution in [0.2, 0.25) is 0 Å². The lowest BCUT2D eigenvalue weighted by Gasteiger charge is -2.26. The van der Waals surface area contributed by atoms with Crippen LogP contribution in [-0.4, -0.2) is 0 Å². The molecule has 3 rings (SSSR count). The molecular formula is C17H15NO. The highest BCUT2D eigenvalue weighted by Gasteiger charge is 2.21. The number of hydrogen-bond acceptors (Lipinski definition) is 2. The number of nitriles is 1. The molecular weight excluding hydrogens is 234 g/mol. The Morgan fingerprint density at radius 3 is 2.63 bits per heavy atom. The Morgan fingerprint density at radius 2 is 1.84 bits per heavy atom. The topological polar surface area (TPSA) is 33.0 Å². The monoisotopic (exact) mass is 249 g/mol. The Labute approximate surface area is 113 Å². The Bertz CT molecular complexity index is 610. The van der Waals surface area contributed by atoms with Crippen molar-refractivity contribution in [3.05, 3.63) is 65.2 Å². The van der Waals surface area contributed by atoms with Gasteiger partial charge in [-0.05, 0) is 54.7 Å². The van der Waals surface area contributed by atoms with Crippen molar-refractivity contribution in [2.75, 3.05) is 0 Å². The summed E-state index contributed by atoms with van der Waals surface area (Å²) in [4.78, 5) is 0. The van der Waals surface area contributed by atoms with E-state index >= 15 is 0 Å². The maximum atomic E-state index is 8.79. The largest absolute Gasteiger partial charge is 0.486 e. The van der Waals surface area contributed by atoms with Gasteiger partial charge in [0.15, 0.2) is 0 Å². The van der Waals surface area contributed by atoms with Crippen molar-refractivity contribution in [3.8, 4) is 11.8 Å². The minimum absolute atomic E-state index is 0.137. The summed E-state index contributed by atoms with van der Waals surface area (Å²) >= 11 is 0. The molecule has 1 unspecified atom stereocenters. The van der Waals surface area contributed by atoms with Crippen molar-refractivity contribution in [2.45, 2.75) is 25.4 Å². The first-order chi connectivity index (χ1) is 9.36. The molecule has 19 heavy (non-hydrogen) atoms. The molecule has 2 nitrogen and oxygen atoms in total. The molecule has 1 atom stereocenters. The molecule has 2 aromatic carbocycles. The summed E-state index contributed by atoms with van der Waals surface area (Å²) < 4.78 is 6.07. The van der Waals surface area contributed by atoms with Gasteiger partial charge in [0, 0.05) is 0 Å². The normalized spacial score (nSPS) is 17.3. The van der Waals surface area contributed by atoms with Gasteiger partial charge in [0.05, 0.1) is 11.6 Å². The highest BCUT2D eigenvalue weighted by molar-refractivity contribution is 5.36. The number of hydrogen-bond donors (Lipinski definition) is 0. The van der Waals surface area contributed by atoms with Crippen LogP contribution in [0, 0.1) is 11.3 Å². The Morgan fingerprint density at radius 1 is 1.05 bits per heavy atom. The highest BCUT2D eigenvalue weighted by Crippen LogP contribution is 2.33. The first-order valence-corrected chi connectivity index (χ1v) is 6.61. The molecule has 0 saturated heterocycles. The van der Waals surface area contributed by atoms with E-state index in [9.17, 15) is 0 Å². The van der Waals surface area contributed by atoms with Crippen LogP contribution >= 0.6 is 0 Å². The Hall–Kier alpha value is -2.27. The lowest BCUT2D eigenvalue weighted by atomic mass is 9.89. The van der Waals surface area contributed by atoms with Crippen molar-refractivity contribution >= 4 is 0 Å². The maximum Gasteiger partial charge on any atom is 0.124 e. The van der Waals surface area contributed by atoms with Gasteiger partial charge in [-0.1, -0.05) is 24.3 Å². The smallest absolute Gasteiger partial charge is 0.124 e. The fourth-order valence-corrected chi connectivity index (χ4v) is 2.60. The van der Waals surface area contributed by atoms with E-state index in [1.807, 2.05) is 12.1 Å². The second-order valence-electron chi connectivity index (χ2n) is 4.83. The zero-order valence-electron chi connectivity index (χ0n) is 10.7. The van der Waals surface area contributed by atoms with E-state index in [0.29, 0.717) is 5.56 Å². The van der Waals surface area contributed by atoms with E-state index in [1.165, 1.54) is 11.1 Å². The average Bonchev–Trinajstić information content (AvgIpc) is 2.48. The van der Waals surface area contributed by atoms with E-state index in [4.69, 9.17) is 10.00 Å². The second-order valence-corrected chi connectivity index (χ2v) is 4.83. The molecule has 1 aliphatic carbocycles. The third kappa shape index (κ3) is 2.46. The number of benzene rings is 2. The van der Waals surface area contributed by atoms with Crippen LogP contribution in [0.5, 0.6) is 5.75 Å². The Balaban J connectivity index is 1.82. The standard InChI is InChI=1S/C17H15NO/c18-12-13-8-10-15(11-9-13)19-17-7-3-5-14-4-1-2-6-16(14)17/h1-2,4,6,8-11,17H,3,5,7H2. The van der Waals surface area contributed by atoms with Gasteiger partial charge >= 0.3 is 0 Å². The van der Waals surface area contributed by atoms with E-state index in [1.54, 1.807) is 12.1 Å². The van der Waals surface area contributed by atoms with Crippen molar-refractivity contribution < 1.29 is 4.74 Å². The van der Waals surface area contributed by atoms with Crippen molar-refractivity contribution in [2.24, 2.45) is 0 Å². The number of ether oxygens (including phenoxy) is 1. The van der Waals surface area contributed by atoms with Crippen LogP contribution in [0.4, 0.5) is 0 Å². The van der Waals surface area contributed by atoms with Crippen LogP contribution in [0.3, 0.4) is 0 Å². The highest BCUT2D eigenvalue weighted by atomic mass is 16.5. The minimum atomic E-state index is 0.137. The van der Waals surface area contributed by atoms with Gasteiger partial charge in [0.2, 0.25) is 0 Å². The van der Waals surface area contributed by atoms with Gasteiger partial charge in [0.25, 0.3) is 0 Å². The van der Waals surface area contributed by atoms with Crippen LogP contribution < -0.4 is 4.74 Å². The lowest BCUT2D eigenvalue weighted by Crippen LogP contribution is -2.15. The maximum absolute atomic E-state index is 8.79. The molecule has 0 aromatic heterocycles. The van der Waals surface area contributed by atoms with E-state index in [0.717, 1.165) is 25.0 Å². The molecule has 0 heterocycles. The summed E-state index contributed by atoms with van der Waals surface area (Å²) in [5.74, 6) is 0.834. The van der Waals surface area contributed by atoms with Gasteiger partial charge < -0.3 is 4.74 Å². The van der Waals surface area contributed by atoms with Crippen LogP contribution in [0.1, 0.15) is 35.6 Å². The summed E-state index contributed by atoms with van der Waals surface area (Å²) in [6, 6.07) is 17.9. The predicted molar refractivity (Wildman–Crippen MR) is 73.9 cm³/mol. The first kappa shape index (κ1) is 11.8. The number of nitrogens with zero attached hydrogens (tertiary/aromatic N) is 1. The molecule has 0 fully saturated rings. The number of fused-ring (bicyclic) bond motifs is 1. The lowest BCUT2D eigenvalue weighted by molar-refractivity contribution is 0.183. The Kier molecular flexibility index (Phi) is 3.20. The predicted octanol–water partition coefficient (Wildman–Crippen LogP) is 4.01. The first-order valence-electron chi connectivity index (χ1n) is 6.61. The van der Waals surface area contributed by atoms with Gasteiger partial charge in [-0.3, -0.25) is 0 Å². The van der Waals surface area contributed by atoms with Crippen molar-refractivity contribution in [1.82, 2.24) is 0 Å². The molecule has 0 saturated carbocycles. The van der Waals surface area contributed by atoms with E-state index in [-0.39, 0.29) is 6.10 Å². The van der Waals surface area contributed by atoms with Crippen LogP contribution in [-0.2, 0) is 6.42 Å². The van der Waals surface area contributed by atoms with Gasteiger partial charge in [-0.25, -0.2) is 0 Å². The molecule has 0 bridgehead atoms. The molecule has 2 aromatic rings. The third-order valence-electron chi connectivity index (χ3n) is 3.58. The zero-order chi connectivity index (χ0) is 13.1.